The van der Waals surface area contributed by atoms with Gasteiger partial charge in [0.2, 0.25) is 0 Å². The Morgan fingerprint density at radius 2 is 1.58 bits per heavy atom. The molecule has 0 aromatic rings. The van der Waals surface area contributed by atoms with Gasteiger partial charge < -0.3 is 10.2 Å². The van der Waals surface area contributed by atoms with Gasteiger partial charge in [0, 0.05) is 0 Å². The second-order valence-electron chi connectivity index (χ2n) is 13.1. The molecule has 0 amide bonds. The highest BCUT2D eigenvalue weighted by molar-refractivity contribution is 5.76. The van der Waals surface area contributed by atoms with E-state index in [9.17, 15) is 15.0 Å². The van der Waals surface area contributed by atoms with E-state index in [-0.39, 0.29) is 16.2 Å². The van der Waals surface area contributed by atoms with Crippen LogP contribution in [-0.4, -0.2) is 22.3 Å². The second kappa shape index (κ2) is 6.53. The van der Waals surface area contributed by atoms with Crippen molar-refractivity contribution in [1.29, 1.82) is 0 Å². The van der Waals surface area contributed by atoms with Crippen molar-refractivity contribution < 1.29 is 15.0 Å². The molecule has 0 radical (unpaired) electrons. The molecule has 31 heavy (non-hydrogen) atoms. The molecule has 5 aliphatic rings. The third-order valence-electron chi connectivity index (χ3n) is 12.7. The maximum Gasteiger partial charge on any atom is 0.309 e. The maximum absolute atomic E-state index is 12.4. The van der Waals surface area contributed by atoms with Gasteiger partial charge in [0.05, 0.1) is 16.9 Å². The van der Waals surface area contributed by atoms with Crippen molar-refractivity contribution in [1.82, 2.24) is 0 Å². The largest absolute Gasteiger partial charge is 0.481 e. The Morgan fingerprint density at radius 3 is 2.26 bits per heavy atom. The second-order valence-corrected chi connectivity index (χ2v) is 13.1. The highest BCUT2D eigenvalue weighted by Crippen LogP contribution is 2.76. The summed E-state index contributed by atoms with van der Waals surface area (Å²) in [7, 11) is 0. The van der Waals surface area contributed by atoms with Gasteiger partial charge in [-0.1, -0.05) is 33.1 Å². The zero-order valence-corrected chi connectivity index (χ0v) is 20.0. The fourth-order valence-corrected chi connectivity index (χ4v) is 10.8. The minimum atomic E-state index is -0.522. The molecule has 5 aliphatic carbocycles. The molecule has 3 heteroatoms. The summed E-state index contributed by atoms with van der Waals surface area (Å²) in [5.74, 6) is 4.42. The first kappa shape index (κ1) is 21.8. The zero-order valence-electron chi connectivity index (χ0n) is 20.0. The van der Waals surface area contributed by atoms with E-state index < -0.39 is 22.9 Å². The van der Waals surface area contributed by atoms with E-state index in [4.69, 9.17) is 6.42 Å². The SMILES string of the molecule is C#CC1(C)C(O)CCC2(C)C1CCC1(C)C2CCC2C3CCCC3(C(=O)O)CCC21C. The Kier molecular flexibility index (Phi) is 4.59. The molecule has 172 valence electrons. The van der Waals surface area contributed by atoms with E-state index in [0.717, 1.165) is 51.4 Å². The van der Waals surface area contributed by atoms with Crippen LogP contribution in [0.5, 0.6) is 0 Å². The molecule has 3 nitrogen and oxygen atoms in total. The number of aliphatic hydroxyl groups is 1. The lowest BCUT2D eigenvalue weighted by Gasteiger charge is -2.72. The van der Waals surface area contributed by atoms with Crippen LogP contribution in [0, 0.1) is 63.1 Å². The summed E-state index contributed by atoms with van der Waals surface area (Å²) in [6.45, 7) is 9.73. The Morgan fingerprint density at radius 1 is 0.839 bits per heavy atom. The van der Waals surface area contributed by atoms with Gasteiger partial charge in [-0.05, 0) is 111 Å². The monoisotopic (exact) mass is 426 g/mol. The first-order valence-electron chi connectivity index (χ1n) is 12.9. The van der Waals surface area contributed by atoms with Gasteiger partial charge in [0.1, 0.15) is 0 Å². The van der Waals surface area contributed by atoms with Gasteiger partial charge in [-0.15, -0.1) is 6.42 Å². The lowest BCUT2D eigenvalue weighted by atomic mass is 9.32. The zero-order chi connectivity index (χ0) is 22.4. The lowest BCUT2D eigenvalue weighted by Crippen LogP contribution is -2.66. The number of aliphatic carboxylic acids is 1. The van der Waals surface area contributed by atoms with Gasteiger partial charge in [-0.3, -0.25) is 4.79 Å². The number of terminal acetylenes is 1. The number of fused-ring (bicyclic) bond motifs is 7. The third-order valence-corrected chi connectivity index (χ3v) is 12.7. The van der Waals surface area contributed by atoms with Gasteiger partial charge in [0.15, 0.2) is 0 Å². The maximum atomic E-state index is 12.4. The number of hydrogen-bond donors (Lipinski definition) is 2. The topological polar surface area (TPSA) is 57.5 Å². The minimum Gasteiger partial charge on any atom is -0.481 e. The summed E-state index contributed by atoms with van der Waals surface area (Å²) in [5, 5.41) is 21.1. The smallest absolute Gasteiger partial charge is 0.309 e. The lowest BCUT2D eigenvalue weighted by molar-refractivity contribution is -0.241. The van der Waals surface area contributed by atoms with E-state index in [1.807, 2.05) is 0 Å². The van der Waals surface area contributed by atoms with Crippen LogP contribution < -0.4 is 0 Å². The molecule has 2 N–H and O–H groups in total. The average molecular weight is 427 g/mol. The highest BCUT2D eigenvalue weighted by Gasteiger charge is 2.71. The molecule has 0 aliphatic heterocycles. The number of rotatable bonds is 1. The van der Waals surface area contributed by atoms with Crippen LogP contribution in [0.2, 0.25) is 0 Å². The quantitative estimate of drug-likeness (QED) is 0.513. The highest BCUT2D eigenvalue weighted by atomic mass is 16.4. The van der Waals surface area contributed by atoms with Crippen LogP contribution in [-0.2, 0) is 4.79 Å². The molecule has 0 saturated heterocycles. The third kappa shape index (κ3) is 2.39. The molecular formula is C28H42O3. The van der Waals surface area contributed by atoms with Crippen LogP contribution in [0.15, 0.2) is 0 Å². The number of carboxylic acids is 1. The molecule has 0 heterocycles. The van der Waals surface area contributed by atoms with E-state index in [2.05, 4.69) is 33.6 Å². The van der Waals surface area contributed by atoms with Crippen LogP contribution in [0.1, 0.15) is 98.3 Å². The molecule has 10 unspecified atom stereocenters. The summed E-state index contributed by atoms with van der Waals surface area (Å²) >= 11 is 0. The Bertz CT molecular complexity index is 829. The van der Waals surface area contributed by atoms with Gasteiger partial charge in [-0.25, -0.2) is 0 Å². The molecule has 0 aromatic carbocycles. The fourth-order valence-electron chi connectivity index (χ4n) is 10.8. The molecule has 10 atom stereocenters. The van der Waals surface area contributed by atoms with E-state index in [0.29, 0.717) is 23.7 Å². The van der Waals surface area contributed by atoms with Crippen molar-refractivity contribution >= 4 is 5.97 Å². The van der Waals surface area contributed by atoms with Crippen LogP contribution >= 0.6 is 0 Å². The standard InChI is InChI=1S/C28H42O3/c1-6-24(2)20-11-15-27(5)21(25(20,3)14-12-22(24)29)10-9-18-19-8-7-13-28(19,23(30)31)17-16-26(18,27)4/h1,18-22,29H,7-17H2,2-5H3,(H,30,31). The van der Waals surface area contributed by atoms with Crippen molar-refractivity contribution in [3.8, 4) is 12.3 Å². The molecule has 5 fully saturated rings. The molecule has 0 spiro atoms. The van der Waals surface area contributed by atoms with Crippen molar-refractivity contribution in [3.05, 3.63) is 0 Å². The number of carboxylic acid groups (broad SMARTS) is 1. The van der Waals surface area contributed by atoms with Crippen LogP contribution in [0.3, 0.4) is 0 Å². The van der Waals surface area contributed by atoms with Crippen molar-refractivity contribution in [2.45, 2.75) is 104 Å². The Balaban J connectivity index is 1.54. The first-order chi connectivity index (χ1) is 14.5. The van der Waals surface area contributed by atoms with Crippen LogP contribution in [0.25, 0.3) is 0 Å². The molecule has 5 rings (SSSR count). The summed E-state index contributed by atoms with van der Waals surface area (Å²) in [6, 6.07) is 0. The van der Waals surface area contributed by atoms with Gasteiger partial charge in [0.25, 0.3) is 0 Å². The Hall–Kier alpha value is -1.01. The number of carbonyl (C=O) groups is 1. The number of hydrogen-bond acceptors (Lipinski definition) is 2. The molecule has 0 bridgehead atoms. The predicted molar refractivity (Wildman–Crippen MR) is 122 cm³/mol. The predicted octanol–water partition coefficient (Wildman–Crippen LogP) is 5.90. The normalized spacial score (nSPS) is 58.3. The Labute approximate surface area is 188 Å². The molecule has 0 aromatic heterocycles. The minimum absolute atomic E-state index is 0.165. The number of aliphatic hydroxyl groups excluding tert-OH is 1. The van der Waals surface area contributed by atoms with E-state index in [1.54, 1.807) is 0 Å². The van der Waals surface area contributed by atoms with Crippen molar-refractivity contribution in [2.24, 2.45) is 50.7 Å². The summed E-state index contributed by atoms with van der Waals surface area (Å²) in [5.41, 5.74) is -0.279. The van der Waals surface area contributed by atoms with Gasteiger partial charge >= 0.3 is 5.97 Å². The van der Waals surface area contributed by atoms with Crippen molar-refractivity contribution in [2.75, 3.05) is 0 Å². The summed E-state index contributed by atoms with van der Waals surface area (Å²) in [4.78, 5) is 12.4. The summed E-state index contributed by atoms with van der Waals surface area (Å²) in [6.07, 6.45) is 17.2. The van der Waals surface area contributed by atoms with Crippen molar-refractivity contribution in [3.63, 3.8) is 0 Å². The summed E-state index contributed by atoms with van der Waals surface area (Å²) < 4.78 is 0. The molecular weight excluding hydrogens is 384 g/mol. The average Bonchev–Trinajstić information content (AvgIpc) is 3.17. The first-order valence-corrected chi connectivity index (χ1v) is 12.9. The van der Waals surface area contributed by atoms with E-state index in [1.165, 1.54) is 19.3 Å². The van der Waals surface area contributed by atoms with Crippen LogP contribution in [0.4, 0.5) is 0 Å². The van der Waals surface area contributed by atoms with Gasteiger partial charge in [-0.2, -0.15) is 0 Å². The van der Waals surface area contributed by atoms with E-state index >= 15 is 0 Å². The molecule has 5 saturated carbocycles. The fraction of sp³-hybridized carbons (Fsp3) is 0.893.